The normalized spacial score (nSPS) is 10.3. The highest BCUT2D eigenvalue weighted by Crippen LogP contribution is 2.21. The van der Waals surface area contributed by atoms with E-state index in [0.717, 1.165) is 6.07 Å². The smallest absolute Gasteiger partial charge is 0.305 e. The monoisotopic (exact) mass is 303 g/mol. The van der Waals surface area contributed by atoms with Gasteiger partial charge in [-0.1, -0.05) is 17.7 Å². The number of nitrogens with zero attached hydrogens (tertiary/aromatic N) is 1. The summed E-state index contributed by atoms with van der Waals surface area (Å²) < 4.78 is 13.7. The van der Waals surface area contributed by atoms with Crippen molar-refractivity contribution in [1.29, 1.82) is 0 Å². The first-order chi connectivity index (χ1) is 9.47. The SMILES string of the molecule is O=C(O)CCN(CCCO)C(=O)c1c(F)cccc1Cl. The molecular formula is C13H15ClFNO4. The second-order valence-corrected chi connectivity index (χ2v) is 4.52. The Bertz CT molecular complexity index is 475. The third-order valence-corrected chi connectivity index (χ3v) is 2.96. The van der Waals surface area contributed by atoms with Crippen LogP contribution in [-0.2, 0) is 4.79 Å². The molecule has 2 N–H and O–H groups in total. The van der Waals surface area contributed by atoms with Crippen LogP contribution in [-0.4, -0.2) is 46.7 Å². The molecule has 0 saturated carbocycles. The molecule has 7 heteroatoms. The van der Waals surface area contributed by atoms with Crippen LogP contribution in [0.3, 0.4) is 0 Å². The summed E-state index contributed by atoms with van der Waals surface area (Å²) in [6.45, 7) is -0.0893. The number of hydrogen-bond acceptors (Lipinski definition) is 3. The van der Waals surface area contributed by atoms with Gasteiger partial charge in [0.1, 0.15) is 5.82 Å². The third kappa shape index (κ3) is 4.47. The first-order valence-electron chi connectivity index (χ1n) is 6.03. The van der Waals surface area contributed by atoms with Crippen LogP contribution < -0.4 is 0 Å². The molecule has 110 valence electrons. The van der Waals surface area contributed by atoms with Crippen LogP contribution in [0.25, 0.3) is 0 Å². The van der Waals surface area contributed by atoms with Gasteiger partial charge >= 0.3 is 5.97 Å². The van der Waals surface area contributed by atoms with Gasteiger partial charge in [0.05, 0.1) is 17.0 Å². The van der Waals surface area contributed by atoms with E-state index in [2.05, 4.69) is 0 Å². The van der Waals surface area contributed by atoms with Crippen molar-refractivity contribution in [3.63, 3.8) is 0 Å². The van der Waals surface area contributed by atoms with E-state index in [0.29, 0.717) is 0 Å². The molecule has 0 aliphatic carbocycles. The van der Waals surface area contributed by atoms with Crippen molar-refractivity contribution in [3.05, 3.63) is 34.6 Å². The molecule has 1 aromatic carbocycles. The summed E-state index contributed by atoms with van der Waals surface area (Å²) in [5.74, 6) is -2.50. The molecule has 0 aromatic heterocycles. The molecule has 0 fully saturated rings. The number of aliphatic hydroxyl groups excluding tert-OH is 1. The first kappa shape index (κ1) is 16.4. The van der Waals surface area contributed by atoms with Gasteiger partial charge < -0.3 is 15.1 Å². The lowest BCUT2D eigenvalue weighted by molar-refractivity contribution is -0.137. The zero-order valence-electron chi connectivity index (χ0n) is 10.7. The molecule has 0 aliphatic heterocycles. The lowest BCUT2D eigenvalue weighted by Gasteiger charge is -2.22. The molecule has 5 nitrogen and oxygen atoms in total. The van der Waals surface area contributed by atoms with Crippen LogP contribution in [0.1, 0.15) is 23.2 Å². The molecule has 0 aliphatic rings. The minimum absolute atomic E-state index is 0.0284. The molecule has 0 radical (unpaired) electrons. The summed E-state index contributed by atoms with van der Waals surface area (Å²) in [5, 5.41) is 17.4. The van der Waals surface area contributed by atoms with Gasteiger partial charge in [-0.3, -0.25) is 9.59 Å². The fraction of sp³-hybridized carbons (Fsp3) is 0.385. The third-order valence-electron chi connectivity index (χ3n) is 2.65. The molecular weight excluding hydrogens is 289 g/mol. The Labute approximate surface area is 120 Å². The van der Waals surface area contributed by atoms with Gasteiger partial charge in [-0.2, -0.15) is 0 Å². The highest BCUT2D eigenvalue weighted by Gasteiger charge is 2.22. The highest BCUT2D eigenvalue weighted by atomic mass is 35.5. The van der Waals surface area contributed by atoms with Crippen molar-refractivity contribution >= 4 is 23.5 Å². The number of hydrogen-bond donors (Lipinski definition) is 2. The van der Waals surface area contributed by atoms with Crippen LogP contribution in [0.2, 0.25) is 5.02 Å². The topological polar surface area (TPSA) is 77.8 Å². The fourth-order valence-corrected chi connectivity index (χ4v) is 1.91. The predicted octanol–water partition coefficient (Wildman–Crippen LogP) is 1.78. The second-order valence-electron chi connectivity index (χ2n) is 4.11. The lowest BCUT2D eigenvalue weighted by atomic mass is 10.1. The van der Waals surface area contributed by atoms with E-state index in [-0.39, 0.29) is 43.1 Å². The fourth-order valence-electron chi connectivity index (χ4n) is 1.67. The zero-order valence-corrected chi connectivity index (χ0v) is 11.4. The number of benzene rings is 1. The maximum Gasteiger partial charge on any atom is 0.305 e. The Hall–Kier alpha value is -1.66. The first-order valence-corrected chi connectivity index (χ1v) is 6.41. The summed E-state index contributed by atoms with van der Waals surface area (Å²) in [4.78, 5) is 24.0. The number of carbonyl (C=O) groups excluding carboxylic acids is 1. The minimum atomic E-state index is -1.06. The summed E-state index contributed by atoms with van der Waals surface area (Å²) in [5.41, 5.74) is -0.280. The average Bonchev–Trinajstić information content (AvgIpc) is 2.38. The van der Waals surface area contributed by atoms with E-state index in [4.69, 9.17) is 21.8 Å². The van der Waals surface area contributed by atoms with Crippen LogP contribution in [0, 0.1) is 5.82 Å². The lowest BCUT2D eigenvalue weighted by Crippen LogP contribution is -2.35. The zero-order chi connectivity index (χ0) is 15.1. The number of amides is 1. The van der Waals surface area contributed by atoms with E-state index in [1.807, 2.05) is 0 Å². The molecule has 0 bridgehead atoms. The number of aliphatic carboxylic acids is 1. The van der Waals surface area contributed by atoms with Crippen LogP contribution in [0.15, 0.2) is 18.2 Å². The maximum absolute atomic E-state index is 13.7. The average molecular weight is 304 g/mol. The molecule has 1 aromatic rings. The van der Waals surface area contributed by atoms with E-state index in [9.17, 15) is 14.0 Å². The summed E-state index contributed by atoms with van der Waals surface area (Å²) in [6, 6.07) is 3.88. The number of carboxylic acid groups (broad SMARTS) is 1. The van der Waals surface area contributed by atoms with Crippen LogP contribution >= 0.6 is 11.6 Å². The molecule has 0 heterocycles. The standard InChI is InChI=1S/C13H15ClFNO4/c14-9-3-1-4-10(15)12(9)13(20)16(6-2-8-17)7-5-11(18)19/h1,3-4,17H,2,5-8H2,(H,18,19). The van der Waals surface area contributed by atoms with E-state index < -0.39 is 17.7 Å². The van der Waals surface area contributed by atoms with Crippen LogP contribution in [0.5, 0.6) is 0 Å². The van der Waals surface area contributed by atoms with E-state index in [1.54, 1.807) is 0 Å². The Morgan fingerprint density at radius 3 is 2.55 bits per heavy atom. The largest absolute Gasteiger partial charge is 0.481 e. The van der Waals surface area contributed by atoms with Gasteiger partial charge in [-0.05, 0) is 18.6 Å². The van der Waals surface area contributed by atoms with Crippen molar-refractivity contribution in [2.24, 2.45) is 0 Å². The Kier molecular flexibility index (Phi) is 6.41. The number of halogens is 2. The summed E-state index contributed by atoms with van der Waals surface area (Å²) >= 11 is 5.81. The van der Waals surface area contributed by atoms with Crippen molar-refractivity contribution < 1.29 is 24.2 Å². The molecule has 0 unspecified atom stereocenters. The van der Waals surface area contributed by atoms with Gasteiger partial charge in [0.2, 0.25) is 0 Å². The quantitative estimate of drug-likeness (QED) is 0.805. The molecule has 0 saturated heterocycles. The number of aliphatic hydroxyl groups is 1. The van der Waals surface area contributed by atoms with Gasteiger partial charge in [0.15, 0.2) is 0 Å². The second kappa shape index (κ2) is 7.81. The highest BCUT2D eigenvalue weighted by molar-refractivity contribution is 6.33. The predicted molar refractivity (Wildman–Crippen MR) is 71.3 cm³/mol. The maximum atomic E-state index is 13.7. The molecule has 1 rings (SSSR count). The van der Waals surface area contributed by atoms with Crippen molar-refractivity contribution in [1.82, 2.24) is 4.90 Å². The van der Waals surface area contributed by atoms with Crippen molar-refractivity contribution in [2.75, 3.05) is 19.7 Å². The Morgan fingerprint density at radius 1 is 1.30 bits per heavy atom. The molecule has 1 amide bonds. The van der Waals surface area contributed by atoms with Crippen molar-refractivity contribution in [3.8, 4) is 0 Å². The number of carbonyl (C=O) groups is 2. The Balaban J connectivity index is 2.93. The molecule has 0 atom stereocenters. The molecule has 0 spiro atoms. The van der Waals surface area contributed by atoms with E-state index in [1.165, 1.54) is 17.0 Å². The molecule has 20 heavy (non-hydrogen) atoms. The van der Waals surface area contributed by atoms with E-state index >= 15 is 0 Å². The number of rotatable bonds is 7. The summed E-state index contributed by atoms with van der Waals surface area (Å²) in [6.07, 6.45) is 0.0146. The van der Waals surface area contributed by atoms with Gasteiger partial charge in [-0.15, -0.1) is 0 Å². The van der Waals surface area contributed by atoms with Gasteiger partial charge in [0, 0.05) is 19.7 Å². The minimum Gasteiger partial charge on any atom is -0.481 e. The van der Waals surface area contributed by atoms with Crippen LogP contribution in [0.4, 0.5) is 4.39 Å². The number of carboxylic acids is 1. The Morgan fingerprint density at radius 2 is 2.00 bits per heavy atom. The summed E-state index contributed by atoms with van der Waals surface area (Å²) in [7, 11) is 0. The van der Waals surface area contributed by atoms with Gasteiger partial charge in [-0.25, -0.2) is 4.39 Å². The van der Waals surface area contributed by atoms with Crippen molar-refractivity contribution in [2.45, 2.75) is 12.8 Å². The van der Waals surface area contributed by atoms with Gasteiger partial charge in [0.25, 0.3) is 5.91 Å².